The number of halogens is 3. The van der Waals surface area contributed by atoms with Gasteiger partial charge in [-0.2, -0.15) is 18.3 Å². The predicted octanol–water partition coefficient (Wildman–Crippen LogP) is 4.91. The lowest BCUT2D eigenvalue weighted by atomic mass is 10.1. The molecular formula is C18H19F3N4O2. The maximum atomic E-state index is 12.7. The second-order valence-corrected chi connectivity index (χ2v) is 5.62. The van der Waals surface area contributed by atoms with Crippen LogP contribution in [0.5, 0.6) is 0 Å². The summed E-state index contributed by atoms with van der Waals surface area (Å²) in [6.45, 7) is 5.87. The van der Waals surface area contributed by atoms with E-state index in [1.54, 1.807) is 0 Å². The highest BCUT2D eigenvalue weighted by Crippen LogP contribution is 2.34. The predicted molar refractivity (Wildman–Crippen MR) is 99.3 cm³/mol. The third-order valence-electron chi connectivity index (χ3n) is 3.94. The molecule has 0 aliphatic rings. The van der Waals surface area contributed by atoms with Gasteiger partial charge in [-0.05, 0) is 43.7 Å². The van der Waals surface area contributed by atoms with Crippen LogP contribution in [0.15, 0.2) is 47.6 Å². The Hall–Kier alpha value is -3.10. The first kappa shape index (κ1) is 20.2. The summed E-state index contributed by atoms with van der Waals surface area (Å²) in [6.07, 6.45) is -3.22. The molecule has 0 radical (unpaired) electrons. The Kier molecular flexibility index (Phi) is 6.38. The lowest BCUT2D eigenvalue weighted by Crippen LogP contribution is -2.21. The molecule has 2 rings (SSSR count). The van der Waals surface area contributed by atoms with Crippen molar-refractivity contribution in [3.63, 3.8) is 0 Å². The zero-order valence-corrected chi connectivity index (χ0v) is 14.8. The molecule has 144 valence electrons. The molecule has 0 aromatic heterocycles. The molecule has 0 saturated carbocycles. The van der Waals surface area contributed by atoms with Crippen molar-refractivity contribution in [1.29, 1.82) is 0 Å². The van der Waals surface area contributed by atoms with Gasteiger partial charge >= 0.3 is 6.18 Å². The maximum absolute atomic E-state index is 12.7. The van der Waals surface area contributed by atoms with Crippen molar-refractivity contribution in [2.24, 2.45) is 5.10 Å². The summed E-state index contributed by atoms with van der Waals surface area (Å²) in [5, 5.41) is 14.9. The summed E-state index contributed by atoms with van der Waals surface area (Å²) < 4.78 is 38.1. The Morgan fingerprint density at radius 1 is 1.15 bits per heavy atom. The van der Waals surface area contributed by atoms with Crippen LogP contribution in [0.2, 0.25) is 0 Å². The summed E-state index contributed by atoms with van der Waals surface area (Å²) in [6, 6.07) is 9.76. The van der Waals surface area contributed by atoms with Crippen molar-refractivity contribution in [2.45, 2.75) is 20.0 Å². The summed E-state index contributed by atoms with van der Waals surface area (Å²) >= 11 is 0. The van der Waals surface area contributed by atoms with Crippen molar-refractivity contribution >= 4 is 23.3 Å². The minimum atomic E-state index is -4.65. The van der Waals surface area contributed by atoms with Gasteiger partial charge in [0.1, 0.15) is 5.69 Å². The molecular weight excluding hydrogens is 361 g/mol. The van der Waals surface area contributed by atoms with E-state index in [9.17, 15) is 23.3 Å². The van der Waals surface area contributed by atoms with Crippen molar-refractivity contribution in [3.8, 4) is 0 Å². The average molecular weight is 380 g/mol. The fourth-order valence-electron chi connectivity index (χ4n) is 2.49. The van der Waals surface area contributed by atoms with Crippen LogP contribution in [0, 0.1) is 10.1 Å². The number of hydrogen-bond acceptors (Lipinski definition) is 5. The van der Waals surface area contributed by atoms with Gasteiger partial charge in [0.05, 0.1) is 16.7 Å². The maximum Gasteiger partial charge on any atom is 0.416 e. The number of nitro groups is 1. The summed E-state index contributed by atoms with van der Waals surface area (Å²) in [5.74, 6) is 0. The third-order valence-corrected chi connectivity index (χ3v) is 3.94. The van der Waals surface area contributed by atoms with Crippen LogP contribution < -0.4 is 10.3 Å². The summed E-state index contributed by atoms with van der Waals surface area (Å²) in [4.78, 5) is 12.3. The van der Waals surface area contributed by atoms with Crippen LogP contribution in [-0.4, -0.2) is 24.2 Å². The van der Waals surface area contributed by atoms with E-state index in [4.69, 9.17) is 0 Å². The molecule has 0 atom stereocenters. The number of nitrogens with one attached hydrogen (secondary N) is 1. The molecule has 0 aliphatic carbocycles. The molecule has 27 heavy (non-hydrogen) atoms. The van der Waals surface area contributed by atoms with E-state index in [1.807, 2.05) is 24.3 Å². The van der Waals surface area contributed by atoms with E-state index in [2.05, 4.69) is 29.3 Å². The topological polar surface area (TPSA) is 70.8 Å². The number of rotatable bonds is 7. The van der Waals surface area contributed by atoms with Gasteiger partial charge in [-0.25, -0.2) is 0 Å². The van der Waals surface area contributed by atoms with E-state index >= 15 is 0 Å². The lowest BCUT2D eigenvalue weighted by molar-refractivity contribution is -0.384. The Balaban J connectivity index is 2.15. The Morgan fingerprint density at radius 2 is 1.78 bits per heavy atom. The molecule has 1 N–H and O–H groups in total. The quantitative estimate of drug-likeness (QED) is 0.421. The average Bonchev–Trinajstić information content (AvgIpc) is 2.63. The molecule has 0 fully saturated rings. The first-order valence-electron chi connectivity index (χ1n) is 8.26. The molecule has 2 aromatic rings. The van der Waals surface area contributed by atoms with Crippen LogP contribution in [0.3, 0.4) is 0 Å². The fraction of sp³-hybridized carbons (Fsp3) is 0.278. The second-order valence-electron chi connectivity index (χ2n) is 5.62. The molecule has 0 saturated heterocycles. The number of benzene rings is 2. The zero-order chi connectivity index (χ0) is 20.0. The molecule has 9 heteroatoms. The highest BCUT2D eigenvalue weighted by molar-refractivity contribution is 5.81. The van der Waals surface area contributed by atoms with E-state index in [1.165, 1.54) is 6.21 Å². The van der Waals surface area contributed by atoms with Crippen molar-refractivity contribution in [2.75, 3.05) is 23.4 Å². The van der Waals surface area contributed by atoms with E-state index in [0.717, 1.165) is 36.5 Å². The number of alkyl halides is 3. The first-order chi connectivity index (χ1) is 12.8. The van der Waals surface area contributed by atoms with Crippen LogP contribution in [0.1, 0.15) is 25.0 Å². The molecule has 0 bridgehead atoms. The van der Waals surface area contributed by atoms with E-state index in [-0.39, 0.29) is 5.69 Å². The Morgan fingerprint density at radius 3 is 2.30 bits per heavy atom. The smallest absolute Gasteiger partial charge is 0.372 e. The first-order valence-corrected chi connectivity index (χ1v) is 8.26. The highest BCUT2D eigenvalue weighted by atomic mass is 19.4. The highest BCUT2D eigenvalue weighted by Gasteiger charge is 2.33. The van der Waals surface area contributed by atoms with Crippen molar-refractivity contribution in [3.05, 3.63) is 63.7 Å². The van der Waals surface area contributed by atoms with Gasteiger partial charge in [0.15, 0.2) is 0 Å². The van der Waals surface area contributed by atoms with Gasteiger partial charge < -0.3 is 4.90 Å². The normalized spacial score (nSPS) is 11.6. The van der Waals surface area contributed by atoms with Gasteiger partial charge in [0, 0.05) is 24.8 Å². The van der Waals surface area contributed by atoms with Crippen LogP contribution in [-0.2, 0) is 6.18 Å². The second kappa shape index (κ2) is 8.52. The minimum Gasteiger partial charge on any atom is -0.372 e. The number of hydrogen-bond donors (Lipinski definition) is 1. The van der Waals surface area contributed by atoms with Crippen LogP contribution in [0.25, 0.3) is 0 Å². The molecule has 6 nitrogen and oxygen atoms in total. The fourth-order valence-corrected chi connectivity index (χ4v) is 2.49. The number of nitrogens with zero attached hydrogens (tertiary/aromatic N) is 3. The van der Waals surface area contributed by atoms with Crippen molar-refractivity contribution in [1.82, 2.24) is 0 Å². The monoisotopic (exact) mass is 380 g/mol. The molecule has 0 amide bonds. The molecule has 0 spiro atoms. The van der Waals surface area contributed by atoms with Gasteiger partial charge in [-0.1, -0.05) is 12.1 Å². The zero-order valence-electron chi connectivity index (χ0n) is 14.8. The van der Waals surface area contributed by atoms with Gasteiger partial charge in [-0.3, -0.25) is 15.5 Å². The number of hydrazone groups is 1. The standard InChI is InChI=1S/C18H19F3N4O2/c1-3-24(4-2)15-8-5-13(6-9-15)12-22-23-16-10-7-14(18(19,20)21)11-17(16)25(26)27/h5-12,23H,3-4H2,1-2H3/b22-12+. The van der Waals surface area contributed by atoms with Gasteiger partial charge in [0.25, 0.3) is 5.69 Å². The van der Waals surface area contributed by atoms with Crippen LogP contribution >= 0.6 is 0 Å². The summed E-state index contributed by atoms with van der Waals surface area (Å²) in [5.41, 5.74) is 2.33. The van der Waals surface area contributed by atoms with Gasteiger partial charge in [0.2, 0.25) is 0 Å². The third kappa shape index (κ3) is 5.19. The Bertz CT molecular complexity index is 816. The largest absolute Gasteiger partial charge is 0.416 e. The summed E-state index contributed by atoms with van der Waals surface area (Å²) in [7, 11) is 0. The molecule has 0 heterocycles. The van der Waals surface area contributed by atoms with E-state index < -0.39 is 22.4 Å². The Labute approximate surface area is 154 Å². The van der Waals surface area contributed by atoms with Gasteiger partial charge in [-0.15, -0.1) is 0 Å². The molecule has 0 unspecified atom stereocenters. The van der Waals surface area contributed by atoms with E-state index in [0.29, 0.717) is 6.07 Å². The SMILES string of the molecule is CCN(CC)c1ccc(/C=N/Nc2ccc(C(F)(F)F)cc2[N+](=O)[O-])cc1. The molecule has 0 aliphatic heterocycles. The molecule has 2 aromatic carbocycles. The number of nitro benzene ring substituents is 1. The lowest BCUT2D eigenvalue weighted by Gasteiger charge is -2.20. The number of anilines is 2. The van der Waals surface area contributed by atoms with Crippen molar-refractivity contribution < 1.29 is 18.1 Å². The van der Waals surface area contributed by atoms with Crippen LogP contribution in [0.4, 0.5) is 30.2 Å². The minimum absolute atomic E-state index is 0.121.